The molecule has 0 aromatic carbocycles. The van der Waals surface area contributed by atoms with Crippen LogP contribution in [0.15, 0.2) is 0 Å². The molecule has 2 rings (SSSR count). The Morgan fingerprint density at radius 2 is 2.46 bits per heavy atom. The van der Waals surface area contributed by atoms with Gasteiger partial charge in [-0.15, -0.1) is 0 Å². The van der Waals surface area contributed by atoms with Crippen LogP contribution < -0.4 is 0 Å². The maximum atomic E-state index is 10.8. The summed E-state index contributed by atoms with van der Waals surface area (Å²) in [5, 5.41) is 0.495. The van der Waals surface area contributed by atoms with E-state index in [2.05, 4.69) is 4.98 Å². The van der Waals surface area contributed by atoms with Gasteiger partial charge >= 0.3 is 0 Å². The van der Waals surface area contributed by atoms with Gasteiger partial charge < -0.3 is 9.36 Å². The molecular weight excluding hydrogens is 188 g/mol. The summed E-state index contributed by atoms with van der Waals surface area (Å²) < 4.78 is 2.05. The van der Waals surface area contributed by atoms with Crippen molar-refractivity contribution in [1.29, 1.82) is 0 Å². The SMILES string of the molecule is Cc1nc(Cl)c2n1CCCC2C=O. The first-order valence-electron chi connectivity index (χ1n) is 4.42. The van der Waals surface area contributed by atoms with Gasteiger partial charge in [0.25, 0.3) is 0 Å². The fourth-order valence-corrected chi connectivity index (χ4v) is 2.28. The Morgan fingerprint density at radius 3 is 3.15 bits per heavy atom. The predicted molar refractivity (Wildman–Crippen MR) is 50.0 cm³/mol. The van der Waals surface area contributed by atoms with Gasteiger partial charge in [0.15, 0.2) is 5.15 Å². The fraction of sp³-hybridized carbons (Fsp3) is 0.556. The third-order valence-electron chi connectivity index (χ3n) is 2.57. The minimum absolute atomic E-state index is 0.0533. The summed E-state index contributed by atoms with van der Waals surface area (Å²) in [5.74, 6) is 0.856. The largest absolute Gasteiger partial charge is 0.330 e. The Hall–Kier alpha value is -0.830. The monoisotopic (exact) mass is 198 g/mol. The molecule has 0 bridgehead atoms. The van der Waals surface area contributed by atoms with Gasteiger partial charge in [0.05, 0.1) is 11.6 Å². The molecule has 1 unspecified atom stereocenters. The highest BCUT2D eigenvalue weighted by Gasteiger charge is 2.25. The number of carbonyl (C=O) groups excluding carboxylic acids is 1. The van der Waals surface area contributed by atoms with Gasteiger partial charge in [-0.05, 0) is 19.8 Å². The van der Waals surface area contributed by atoms with Crippen molar-refractivity contribution >= 4 is 17.9 Å². The number of hydrogen-bond donors (Lipinski definition) is 0. The number of aromatic nitrogens is 2. The summed E-state index contributed by atoms with van der Waals surface area (Å²) in [6.07, 6.45) is 2.90. The number of carbonyl (C=O) groups is 1. The standard InChI is InChI=1S/C9H11ClN2O/c1-6-11-9(10)8-7(5-13)3-2-4-12(6)8/h5,7H,2-4H2,1H3. The normalized spacial score (nSPS) is 21.2. The molecule has 1 aromatic heterocycles. The quantitative estimate of drug-likeness (QED) is 0.647. The smallest absolute Gasteiger partial charge is 0.151 e. The summed E-state index contributed by atoms with van der Waals surface area (Å²) in [4.78, 5) is 14.9. The summed E-state index contributed by atoms with van der Waals surface area (Å²) in [6.45, 7) is 2.85. The van der Waals surface area contributed by atoms with E-state index in [1.54, 1.807) is 0 Å². The van der Waals surface area contributed by atoms with E-state index in [0.717, 1.165) is 37.2 Å². The third-order valence-corrected chi connectivity index (χ3v) is 2.84. The first-order chi connectivity index (χ1) is 6.24. The summed E-state index contributed by atoms with van der Waals surface area (Å²) in [5.41, 5.74) is 0.903. The molecule has 2 heterocycles. The van der Waals surface area contributed by atoms with Crippen LogP contribution in [0, 0.1) is 6.92 Å². The molecule has 0 aliphatic carbocycles. The maximum absolute atomic E-state index is 10.8. The molecule has 0 saturated carbocycles. The second-order valence-electron chi connectivity index (χ2n) is 3.37. The van der Waals surface area contributed by atoms with Crippen molar-refractivity contribution < 1.29 is 4.79 Å². The Kier molecular flexibility index (Phi) is 2.12. The molecular formula is C9H11ClN2O. The third kappa shape index (κ3) is 1.27. The van der Waals surface area contributed by atoms with Crippen LogP contribution in [0.4, 0.5) is 0 Å². The Labute approximate surface area is 81.7 Å². The van der Waals surface area contributed by atoms with E-state index < -0.39 is 0 Å². The first kappa shape index (κ1) is 8.75. The maximum Gasteiger partial charge on any atom is 0.151 e. The lowest BCUT2D eigenvalue weighted by molar-refractivity contribution is -0.109. The van der Waals surface area contributed by atoms with Crippen LogP contribution in [0.3, 0.4) is 0 Å². The van der Waals surface area contributed by atoms with E-state index in [0.29, 0.717) is 5.15 Å². The van der Waals surface area contributed by atoms with Crippen LogP contribution in [0.1, 0.15) is 30.3 Å². The molecule has 0 saturated heterocycles. The zero-order valence-corrected chi connectivity index (χ0v) is 8.21. The molecule has 1 aliphatic rings. The van der Waals surface area contributed by atoms with Crippen LogP contribution in [0.25, 0.3) is 0 Å². The van der Waals surface area contributed by atoms with Gasteiger partial charge in [-0.25, -0.2) is 4.98 Å². The molecule has 1 aromatic rings. The van der Waals surface area contributed by atoms with Crippen molar-refractivity contribution in [2.24, 2.45) is 0 Å². The van der Waals surface area contributed by atoms with Gasteiger partial charge in [-0.3, -0.25) is 0 Å². The number of halogens is 1. The molecule has 3 nitrogen and oxygen atoms in total. The number of hydrogen-bond acceptors (Lipinski definition) is 2. The van der Waals surface area contributed by atoms with Gasteiger partial charge in [-0.1, -0.05) is 11.6 Å². The second-order valence-corrected chi connectivity index (χ2v) is 3.73. The Balaban J connectivity index is 2.54. The van der Waals surface area contributed by atoms with E-state index in [4.69, 9.17) is 11.6 Å². The molecule has 0 N–H and O–H groups in total. The topological polar surface area (TPSA) is 34.9 Å². The molecule has 0 radical (unpaired) electrons. The number of aryl methyl sites for hydroxylation is 1. The highest BCUT2D eigenvalue weighted by atomic mass is 35.5. The number of imidazole rings is 1. The molecule has 0 spiro atoms. The van der Waals surface area contributed by atoms with E-state index in [9.17, 15) is 4.79 Å². The van der Waals surface area contributed by atoms with Gasteiger partial charge in [0.1, 0.15) is 12.1 Å². The number of fused-ring (bicyclic) bond motifs is 1. The average Bonchev–Trinajstić information content (AvgIpc) is 2.43. The average molecular weight is 199 g/mol. The Morgan fingerprint density at radius 1 is 1.69 bits per heavy atom. The minimum atomic E-state index is -0.0533. The van der Waals surface area contributed by atoms with Gasteiger partial charge in [0.2, 0.25) is 0 Å². The Bertz CT molecular complexity index is 346. The zero-order chi connectivity index (χ0) is 9.42. The van der Waals surface area contributed by atoms with E-state index in [-0.39, 0.29) is 5.92 Å². The minimum Gasteiger partial charge on any atom is -0.330 e. The summed E-state index contributed by atoms with van der Waals surface area (Å²) in [7, 11) is 0. The predicted octanol–water partition coefficient (Wildman–Crippen LogP) is 1.92. The summed E-state index contributed by atoms with van der Waals surface area (Å²) >= 11 is 5.95. The van der Waals surface area contributed by atoms with Gasteiger partial charge in [-0.2, -0.15) is 0 Å². The lowest BCUT2D eigenvalue weighted by Crippen LogP contribution is -2.17. The molecule has 0 amide bonds. The fourth-order valence-electron chi connectivity index (χ4n) is 1.92. The highest BCUT2D eigenvalue weighted by Crippen LogP contribution is 2.31. The van der Waals surface area contributed by atoms with E-state index in [1.165, 1.54) is 0 Å². The van der Waals surface area contributed by atoms with Crippen molar-refractivity contribution in [2.45, 2.75) is 32.2 Å². The van der Waals surface area contributed by atoms with E-state index in [1.807, 2.05) is 11.5 Å². The van der Waals surface area contributed by atoms with Crippen LogP contribution in [-0.2, 0) is 11.3 Å². The molecule has 13 heavy (non-hydrogen) atoms. The van der Waals surface area contributed by atoms with Crippen LogP contribution >= 0.6 is 11.6 Å². The molecule has 1 atom stereocenters. The highest BCUT2D eigenvalue weighted by molar-refractivity contribution is 6.30. The number of aldehydes is 1. The molecule has 1 aliphatic heterocycles. The molecule has 4 heteroatoms. The lowest BCUT2D eigenvalue weighted by Gasteiger charge is -2.20. The van der Waals surface area contributed by atoms with Crippen LogP contribution in [0.5, 0.6) is 0 Å². The van der Waals surface area contributed by atoms with E-state index >= 15 is 0 Å². The van der Waals surface area contributed by atoms with Crippen LogP contribution in [-0.4, -0.2) is 15.8 Å². The van der Waals surface area contributed by atoms with Crippen molar-refractivity contribution in [1.82, 2.24) is 9.55 Å². The number of rotatable bonds is 1. The van der Waals surface area contributed by atoms with Crippen molar-refractivity contribution in [3.8, 4) is 0 Å². The molecule has 70 valence electrons. The van der Waals surface area contributed by atoms with Crippen molar-refractivity contribution in [3.05, 3.63) is 16.7 Å². The number of nitrogens with zero attached hydrogens (tertiary/aromatic N) is 2. The summed E-state index contributed by atoms with van der Waals surface area (Å²) in [6, 6.07) is 0. The lowest BCUT2D eigenvalue weighted by atomic mass is 9.98. The van der Waals surface area contributed by atoms with Gasteiger partial charge in [0, 0.05) is 6.54 Å². The zero-order valence-electron chi connectivity index (χ0n) is 7.46. The second kappa shape index (κ2) is 3.14. The van der Waals surface area contributed by atoms with Crippen molar-refractivity contribution in [2.75, 3.05) is 0 Å². The van der Waals surface area contributed by atoms with Crippen LogP contribution in [0.2, 0.25) is 5.15 Å². The molecule has 0 fully saturated rings. The van der Waals surface area contributed by atoms with Crippen molar-refractivity contribution in [3.63, 3.8) is 0 Å². The first-order valence-corrected chi connectivity index (χ1v) is 4.79.